The molecule has 1 aromatic heterocycles. The third kappa shape index (κ3) is 4.02. The van der Waals surface area contributed by atoms with Gasteiger partial charge in [-0.25, -0.2) is 4.98 Å². The molecule has 0 aliphatic carbocycles. The van der Waals surface area contributed by atoms with Crippen molar-refractivity contribution in [1.82, 2.24) is 15.2 Å². The first-order valence-electron chi connectivity index (χ1n) is 9.43. The van der Waals surface area contributed by atoms with Crippen LogP contribution in [0.1, 0.15) is 17.8 Å². The second kappa shape index (κ2) is 7.84. The Bertz CT molecular complexity index is 1030. The first-order valence-corrected chi connectivity index (χ1v) is 9.43. The number of benzene rings is 2. The molecule has 8 nitrogen and oxygen atoms in total. The maximum atomic E-state index is 12.7. The van der Waals surface area contributed by atoms with E-state index in [0.29, 0.717) is 30.4 Å². The summed E-state index contributed by atoms with van der Waals surface area (Å²) in [6.07, 6.45) is 0.205. The number of hydrogen-bond donors (Lipinski definition) is 3. The fourth-order valence-electron chi connectivity index (χ4n) is 3.32. The third-order valence-corrected chi connectivity index (χ3v) is 4.98. The molecule has 1 unspecified atom stereocenters. The minimum atomic E-state index is -0.386. The van der Waals surface area contributed by atoms with Gasteiger partial charge in [-0.3, -0.25) is 14.7 Å². The lowest BCUT2D eigenvalue weighted by molar-refractivity contribution is -0.122. The fraction of sp³-hybridized carbons (Fsp3) is 0.238. The topological polar surface area (TPSA) is 117 Å². The maximum absolute atomic E-state index is 12.7. The number of nitrogens with zero attached hydrogens (tertiary/aromatic N) is 3. The largest absolute Gasteiger partial charge is 0.326 e. The van der Waals surface area contributed by atoms with Crippen LogP contribution in [0.15, 0.2) is 48.5 Å². The van der Waals surface area contributed by atoms with Crippen LogP contribution in [-0.4, -0.2) is 33.5 Å². The van der Waals surface area contributed by atoms with Gasteiger partial charge >= 0.3 is 0 Å². The highest BCUT2D eigenvalue weighted by Gasteiger charge is 2.35. The molecule has 0 saturated carbocycles. The van der Waals surface area contributed by atoms with E-state index in [-0.39, 0.29) is 24.2 Å². The van der Waals surface area contributed by atoms with Gasteiger partial charge in [-0.15, -0.1) is 0 Å². The Morgan fingerprint density at radius 1 is 1.21 bits per heavy atom. The van der Waals surface area contributed by atoms with Gasteiger partial charge in [0.15, 0.2) is 5.82 Å². The number of aryl methyl sites for hydroxylation is 1. The maximum Gasteiger partial charge on any atom is 0.229 e. The Kier molecular flexibility index (Phi) is 5.09. The van der Waals surface area contributed by atoms with Crippen LogP contribution < -0.4 is 16.0 Å². The van der Waals surface area contributed by atoms with Crippen molar-refractivity contribution < 1.29 is 9.59 Å². The number of rotatable bonds is 5. The number of nitrogens with two attached hydrogens (primary N) is 1. The Labute approximate surface area is 168 Å². The quantitative estimate of drug-likeness (QED) is 0.618. The number of hydrogen-bond acceptors (Lipinski definition) is 5. The molecule has 0 spiro atoms. The summed E-state index contributed by atoms with van der Waals surface area (Å²) in [5.74, 6) is 0.581. The molecule has 4 N–H and O–H groups in total. The number of amides is 2. The number of H-pyrrole nitrogens is 1. The molecule has 1 fully saturated rings. The van der Waals surface area contributed by atoms with E-state index in [2.05, 4.69) is 20.5 Å². The van der Waals surface area contributed by atoms with Gasteiger partial charge in [-0.1, -0.05) is 17.7 Å². The number of carbonyl (C=O) groups excluding carboxylic acids is 2. The van der Waals surface area contributed by atoms with Gasteiger partial charge in [0.25, 0.3) is 0 Å². The van der Waals surface area contributed by atoms with Crippen LogP contribution in [0.2, 0.25) is 0 Å². The van der Waals surface area contributed by atoms with Crippen molar-refractivity contribution in [2.75, 3.05) is 16.8 Å². The van der Waals surface area contributed by atoms with E-state index in [4.69, 9.17) is 5.73 Å². The normalized spacial score (nSPS) is 16.3. The van der Waals surface area contributed by atoms with E-state index >= 15 is 0 Å². The summed E-state index contributed by atoms with van der Waals surface area (Å²) >= 11 is 0. The van der Waals surface area contributed by atoms with Crippen molar-refractivity contribution in [3.63, 3.8) is 0 Å². The number of anilines is 2. The molecule has 1 aliphatic heterocycles. The van der Waals surface area contributed by atoms with Gasteiger partial charge in [-0.2, -0.15) is 5.10 Å². The monoisotopic (exact) mass is 390 g/mol. The second-order valence-corrected chi connectivity index (χ2v) is 7.12. The van der Waals surface area contributed by atoms with Crippen LogP contribution in [0, 0.1) is 12.8 Å². The van der Waals surface area contributed by atoms with Crippen molar-refractivity contribution in [1.29, 1.82) is 0 Å². The fourth-order valence-corrected chi connectivity index (χ4v) is 3.32. The molecule has 8 heteroatoms. The lowest BCUT2D eigenvalue weighted by atomic mass is 10.1. The van der Waals surface area contributed by atoms with E-state index in [1.54, 1.807) is 17.0 Å². The Morgan fingerprint density at radius 2 is 1.93 bits per heavy atom. The summed E-state index contributed by atoms with van der Waals surface area (Å²) < 4.78 is 0. The number of nitrogens with one attached hydrogen (secondary N) is 2. The molecule has 3 aromatic rings. The summed E-state index contributed by atoms with van der Waals surface area (Å²) in [6, 6.07) is 15.0. The highest BCUT2D eigenvalue weighted by atomic mass is 16.2. The van der Waals surface area contributed by atoms with E-state index in [0.717, 1.165) is 16.8 Å². The summed E-state index contributed by atoms with van der Waals surface area (Å²) in [5.41, 5.74) is 8.97. The molecule has 2 aromatic carbocycles. The molecule has 0 bridgehead atoms. The van der Waals surface area contributed by atoms with Crippen molar-refractivity contribution in [3.8, 4) is 11.4 Å². The van der Waals surface area contributed by atoms with Crippen LogP contribution in [0.5, 0.6) is 0 Å². The molecule has 148 valence electrons. The first kappa shape index (κ1) is 18.8. The zero-order chi connectivity index (χ0) is 20.4. The SMILES string of the molecule is Cc1ccc(N2CC(C(=O)Nc3ccc(-c4n[nH]c(CN)n4)cc3)CC2=O)cc1. The summed E-state index contributed by atoms with van der Waals surface area (Å²) in [4.78, 5) is 31.0. The van der Waals surface area contributed by atoms with E-state index in [1.807, 2.05) is 43.3 Å². The summed E-state index contributed by atoms with van der Waals surface area (Å²) in [5, 5.41) is 9.78. The summed E-state index contributed by atoms with van der Waals surface area (Å²) in [6.45, 7) is 2.67. The zero-order valence-electron chi connectivity index (χ0n) is 16.1. The van der Waals surface area contributed by atoms with Gasteiger partial charge in [0.05, 0.1) is 12.5 Å². The lowest BCUT2D eigenvalue weighted by Gasteiger charge is -2.17. The van der Waals surface area contributed by atoms with Gasteiger partial charge in [-0.05, 0) is 43.3 Å². The zero-order valence-corrected chi connectivity index (χ0v) is 16.1. The van der Waals surface area contributed by atoms with Crippen LogP contribution in [0.3, 0.4) is 0 Å². The minimum Gasteiger partial charge on any atom is -0.326 e. The molecule has 1 saturated heterocycles. The minimum absolute atomic E-state index is 0.0373. The number of aromatic amines is 1. The van der Waals surface area contributed by atoms with E-state index in [9.17, 15) is 9.59 Å². The van der Waals surface area contributed by atoms with Gasteiger partial charge in [0, 0.05) is 29.9 Å². The van der Waals surface area contributed by atoms with Gasteiger partial charge < -0.3 is 16.0 Å². The van der Waals surface area contributed by atoms with E-state index < -0.39 is 0 Å². The summed E-state index contributed by atoms with van der Waals surface area (Å²) in [7, 11) is 0. The van der Waals surface area contributed by atoms with Gasteiger partial charge in [0.1, 0.15) is 5.82 Å². The standard InChI is InChI=1S/C21H22N6O2/c1-13-2-8-17(9-3-13)27-12-15(10-19(27)28)21(29)23-16-6-4-14(5-7-16)20-24-18(11-22)25-26-20/h2-9,15H,10-12,22H2,1H3,(H,23,29)(H,24,25,26). The Balaban J connectivity index is 1.40. The first-order chi connectivity index (χ1) is 14.0. The molecular formula is C21H22N6O2. The van der Waals surface area contributed by atoms with Crippen molar-refractivity contribution in [2.24, 2.45) is 11.7 Å². The second-order valence-electron chi connectivity index (χ2n) is 7.12. The molecule has 2 heterocycles. The van der Waals surface area contributed by atoms with Crippen LogP contribution in [0.4, 0.5) is 11.4 Å². The lowest BCUT2D eigenvalue weighted by Crippen LogP contribution is -2.28. The molecular weight excluding hydrogens is 368 g/mol. The molecule has 2 amide bonds. The highest BCUT2D eigenvalue weighted by Crippen LogP contribution is 2.26. The average Bonchev–Trinajstić information content (AvgIpc) is 3.36. The number of aromatic nitrogens is 3. The highest BCUT2D eigenvalue weighted by molar-refractivity contribution is 6.03. The average molecular weight is 390 g/mol. The molecule has 1 atom stereocenters. The third-order valence-electron chi connectivity index (χ3n) is 4.98. The van der Waals surface area contributed by atoms with Crippen LogP contribution in [0.25, 0.3) is 11.4 Å². The predicted molar refractivity (Wildman–Crippen MR) is 110 cm³/mol. The van der Waals surface area contributed by atoms with Crippen molar-refractivity contribution in [3.05, 3.63) is 59.9 Å². The molecule has 4 rings (SSSR count). The van der Waals surface area contributed by atoms with Crippen molar-refractivity contribution in [2.45, 2.75) is 19.9 Å². The number of carbonyl (C=O) groups is 2. The Morgan fingerprint density at radius 3 is 2.59 bits per heavy atom. The smallest absolute Gasteiger partial charge is 0.229 e. The molecule has 1 aliphatic rings. The van der Waals surface area contributed by atoms with Crippen LogP contribution >= 0.6 is 0 Å². The predicted octanol–water partition coefficient (Wildman–Crippen LogP) is 2.23. The van der Waals surface area contributed by atoms with Crippen molar-refractivity contribution >= 4 is 23.2 Å². The van der Waals surface area contributed by atoms with Gasteiger partial charge in [0.2, 0.25) is 11.8 Å². The molecule has 29 heavy (non-hydrogen) atoms. The Hall–Kier alpha value is -3.52. The van der Waals surface area contributed by atoms with E-state index in [1.165, 1.54) is 0 Å². The van der Waals surface area contributed by atoms with Crippen LogP contribution in [-0.2, 0) is 16.1 Å². The molecule has 0 radical (unpaired) electrons.